The van der Waals surface area contributed by atoms with Crippen LogP contribution in [0.5, 0.6) is 5.75 Å². The molecule has 5 heteroatoms. The Balaban J connectivity index is 1.45. The number of methoxy groups -OCH3 is 1. The van der Waals surface area contributed by atoms with Gasteiger partial charge < -0.3 is 9.26 Å². The van der Waals surface area contributed by atoms with E-state index in [2.05, 4.69) is 39.7 Å². The van der Waals surface area contributed by atoms with E-state index in [0.717, 1.165) is 35.2 Å². The lowest BCUT2D eigenvalue weighted by atomic mass is 10.2. The zero-order chi connectivity index (χ0) is 16.4. The molecule has 0 spiro atoms. The summed E-state index contributed by atoms with van der Waals surface area (Å²) in [5.41, 5.74) is 2.29. The van der Waals surface area contributed by atoms with Crippen molar-refractivity contribution in [1.29, 1.82) is 0 Å². The van der Waals surface area contributed by atoms with Gasteiger partial charge in [0.15, 0.2) is 5.76 Å². The molecule has 2 heterocycles. The molecule has 0 N–H and O–H groups in total. The van der Waals surface area contributed by atoms with Crippen LogP contribution in [-0.2, 0) is 13.1 Å². The van der Waals surface area contributed by atoms with Gasteiger partial charge in [0.1, 0.15) is 5.75 Å². The fraction of sp³-hybridized carbons (Fsp3) is 0.316. The van der Waals surface area contributed by atoms with Crippen molar-refractivity contribution in [2.45, 2.75) is 32.0 Å². The second-order valence-corrected chi connectivity index (χ2v) is 7.09. The second kappa shape index (κ2) is 6.79. The van der Waals surface area contributed by atoms with Crippen molar-refractivity contribution in [1.82, 2.24) is 10.1 Å². The number of aromatic nitrogens is 1. The minimum absolute atomic E-state index is 0.661. The monoisotopic (exact) mass is 340 g/mol. The Bertz CT molecular complexity index is 776. The number of rotatable bonds is 7. The predicted molar refractivity (Wildman–Crippen MR) is 95.1 cm³/mol. The maximum atomic E-state index is 5.51. The molecule has 0 unspecified atom stereocenters. The summed E-state index contributed by atoms with van der Waals surface area (Å²) in [5, 5.41) is 6.31. The SMILES string of the molecule is COc1ccc(CN(Cc2cc(-c3cccs3)on2)C2CC2)cc1. The van der Waals surface area contributed by atoms with Crippen LogP contribution in [0.15, 0.2) is 52.4 Å². The molecule has 0 amide bonds. The van der Waals surface area contributed by atoms with Crippen molar-refractivity contribution in [2.75, 3.05) is 7.11 Å². The molecule has 0 atom stereocenters. The average Bonchev–Trinajstić information content (AvgIpc) is 3.11. The van der Waals surface area contributed by atoms with E-state index in [4.69, 9.17) is 9.26 Å². The highest BCUT2D eigenvalue weighted by molar-refractivity contribution is 7.13. The van der Waals surface area contributed by atoms with Crippen LogP contribution in [0.1, 0.15) is 24.1 Å². The van der Waals surface area contributed by atoms with E-state index in [9.17, 15) is 0 Å². The normalized spacial score (nSPS) is 14.2. The van der Waals surface area contributed by atoms with Crippen molar-refractivity contribution in [2.24, 2.45) is 0 Å². The van der Waals surface area contributed by atoms with Gasteiger partial charge in [0.25, 0.3) is 0 Å². The summed E-state index contributed by atoms with van der Waals surface area (Å²) in [5.74, 6) is 1.76. The summed E-state index contributed by atoms with van der Waals surface area (Å²) in [4.78, 5) is 3.61. The topological polar surface area (TPSA) is 38.5 Å². The number of nitrogens with zero attached hydrogens (tertiary/aromatic N) is 2. The number of thiophene rings is 1. The Labute approximate surface area is 145 Å². The zero-order valence-corrected chi connectivity index (χ0v) is 14.5. The largest absolute Gasteiger partial charge is 0.497 e. The molecule has 4 nitrogen and oxygen atoms in total. The Morgan fingerprint density at radius 2 is 2.04 bits per heavy atom. The van der Waals surface area contributed by atoms with E-state index >= 15 is 0 Å². The van der Waals surface area contributed by atoms with Crippen molar-refractivity contribution in [3.8, 4) is 16.4 Å². The molecule has 0 saturated heterocycles. The van der Waals surface area contributed by atoms with Gasteiger partial charge in [-0.25, -0.2) is 0 Å². The first-order chi connectivity index (χ1) is 11.8. The van der Waals surface area contributed by atoms with E-state index in [1.165, 1.54) is 18.4 Å². The van der Waals surface area contributed by atoms with Crippen molar-refractivity contribution < 1.29 is 9.26 Å². The standard InChI is InChI=1S/C19H20N2O2S/c1-22-17-8-4-14(5-9-17)12-21(16-6-7-16)13-15-11-18(23-20-15)19-3-2-10-24-19/h2-5,8-11,16H,6-7,12-13H2,1H3. The van der Waals surface area contributed by atoms with Crippen LogP contribution in [0.4, 0.5) is 0 Å². The molecule has 2 aromatic heterocycles. The highest BCUT2D eigenvalue weighted by Crippen LogP contribution is 2.31. The molecule has 1 aliphatic carbocycles. The molecule has 0 bridgehead atoms. The van der Waals surface area contributed by atoms with Gasteiger partial charge in [0, 0.05) is 25.2 Å². The molecule has 4 rings (SSSR count). The Morgan fingerprint density at radius 1 is 1.21 bits per heavy atom. The van der Waals surface area contributed by atoms with E-state index in [1.54, 1.807) is 18.4 Å². The molecule has 1 aromatic carbocycles. The minimum atomic E-state index is 0.661. The van der Waals surface area contributed by atoms with Crippen molar-refractivity contribution in [3.05, 3.63) is 59.1 Å². The van der Waals surface area contributed by atoms with Gasteiger partial charge in [-0.05, 0) is 42.0 Å². The zero-order valence-electron chi connectivity index (χ0n) is 13.6. The quantitative estimate of drug-likeness (QED) is 0.631. The fourth-order valence-electron chi connectivity index (χ4n) is 2.85. The van der Waals surface area contributed by atoms with Crippen LogP contribution in [0.3, 0.4) is 0 Å². The number of benzene rings is 1. The molecular formula is C19H20N2O2S. The second-order valence-electron chi connectivity index (χ2n) is 6.14. The lowest BCUT2D eigenvalue weighted by Gasteiger charge is -2.20. The first-order valence-corrected chi connectivity index (χ1v) is 9.06. The van der Waals surface area contributed by atoms with E-state index in [1.807, 2.05) is 18.2 Å². The third-order valence-electron chi connectivity index (χ3n) is 4.30. The Morgan fingerprint density at radius 3 is 2.71 bits per heavy atom. The minimum Gasteiger partial charge on any atom is -0.497 e. The predicted octanol–water partition coefficient (Wildman–Crippen LogP) is 4.58. The van der Waals surface area contributed by atoms with Crippen LogP contribution in [0, 0.1) is 0 Å². The van der Waals surface area contributed by atoms with Crippen LogP contribution >= 0.6 is 11.3 Å². The van der Waals surface area contributed by atoms with E-state index in [0.29, 0.717) is 6.04 Å². The number of hydrogen-bond donors (Lipinski definition) is 0. The molecule has 0 aliphatic heterocycles. The fourth-order valence-corrected chi connectivity index (χ4v) is 3.52. The Hall–Kier alpha value is -2.11. The van der Waals surface area contributed by atoms with Crippen molar-refractivity contribution in [3.63, 3.8) is 0 Å². The van der Waals surface area contributed by atoms with Crippen LogP contribution in [0.25, 0.3) is 10.6 Å². The summed E-state index contributed by atoms with van der Waals surface area (Å²) in [7, 11) is 1.70. The van der Waals surface area contributed by atoms with Crippen molar-refractivity contribution >= 4 is 11.3 Å². The molecule has 3 aromatic rings. The first-order valence-electron chi connectivity index (χ1n) is 8.18. The number of ether oxygens (including phenoxy) is 1. The number of hydrogen-bond acceptors (Lipinski definition) is 5. The smallest absolute Gasteiger partial charge is 0.177 e. The molecule has 24 heavy (non-hydrogen) atoms. The third kappa shape index (κ3) is 3.52. The molecular weight excluding hydrogens is 320 g/mol. The summed E-state index contributed by atoms with van der Waals surface area (Å²) in [6.07, 6.45) is 2.54. The van der Waals surface area contributed by atoms with Gasteiger partial charge in [-0.1, -0.05) is 23.4 Å². The van der Waals surface area contributed by atoms with Crippen LogP contribution in [-0.4, -0.2) is 23.2 Å². The maximum absolute atomic E-state index is 5.51. The summed E-state index contributed by atoms with van der Waals surface area (Å²) in [6.45, 7) is 1.75. The van der Waals surface area contributed by atoms with Gasteiger partial charge in [-0.15, -0.1) is 11.3 Å². The third-order valence-corrected chi connectivity index (χ3v) is 5.18. The Kier molecular flexibility index (Phi) is 4.36. The molecule has 1 fully saturated rings. The van der Waals surface area contributed by atoms with Gasteiger partial charge in [0.2, 0.25) is 0 Å². The highest BCUT2D eigenvalue weighted by Gasteiger charge is 2.29. The van der Waals surface area contributed by atoms with Crippen LogP contribution < -0.4 is 4.74 Å². The molecule has 1 saturated carbocycles. The molecule has 0 radical (unpaired) electrons. The van der Waals surface area contributed by atoms with E-state index < -0.39 is 0 Å². The lowest BCUT2D eigenvalue weighted by molar-refractivity contribution is 0.237. The van der Waals surface area contributed by atoms with E-state index in [-0.39, 0.29) is 0 Å². The lowest BCUT2D eigenvalue weighted by Crippen LogP contribution is -2.25. The van der Waals surface area contributed by atoms with Gasteiger partial charge in [-0.2, -0.15) is 0 Å². The highest BCUT2D eigenvalue weighted by atomic mass is 32.1. The maximum Gasteiger partial charge on any atom is 0.177 e. The first kappa shape index (κ1) is 15.4. The molecule has 124 valence electrons. The molecule has 1 aliphatic rings. The summed E-state index contributed by atoms with van der Waals surface area (Å²) >= 11 is 1.67. The van der Waals surface area contributed by atoms with Gasteiger partial charge in [0.05, 0.1) is 17.7 Å². The summed E-state index contributed by atoms with van der Waals surface area (Å²) in [6, 6.07) is 15.1. The van der Waals surface area contributed by atoms with Gasteiger partial charge >= 0.3 is 0 Å². The van der Waals surface area contributed by atoms with Gasteiger partial charge in [-0.3, -0.25) is 4.90 Å². The van der Waals surface area contributed by atoms with Crippen LogP contribution in [0.2, 0.25) is 0 Å². The summed E-state index contributed by atoms with van der Waals surface area (Å²) < 4.78 is 10.7. The average molecular weight is 340 g/mol.